The van der Waals surface area contributed by atoms with E-state index in [1.54, 1.807) is 0 Å². The van der Waals surface area contributed by atoms with Gasteiger partial charge in [0.1, 0.15) is 0 Å². The van der Waals surface area contributed by atoms with Crippen molar-refractivity contribution in [3.05, 3.63) is 18.0 Å². The third-order valence-electron chi connectivity index (χ3n) is 4.85. The van der Waals surface area contributed by atoms with Crippen LogP contribution in [0.4, 0.5) is 0 Å². The summed E-state index contributed by atoms with van der Waals surface area (Å²) in [6.07, 6.45) is 9.15. The lowest BCUT2D eigenvalue weighted by atomic mass is 9.79. The zero-order chi connectivity index (χ0) is 13.5. The van der Waals surface area contributed by atoms with Crippen LogP contribution in [0.25, 0.3) is 0 Å². The standard InChI is InChI=1S/C15H25N3O/c1-3-12(4-2)18-8-7-11(17-18)9-15(16)10-13-5-6-14(15)19-13/h7-8,12-14H,3-6,9-10,16H2,1-2H3. The minimum Gasteiger partial charge on any atom is -0.373 e. The van der Waals surface area contributed by atoms with Crippen LogP contribution in [-0.4, -0.2) is 27.5 Å². The van der Waals surface area contributed by atoms with Crippen LogP contribution in [0.2, 0.25) is 0 Å². The fourth-order valence-electron chi connectivity index (χ4n) is 3.70. The van der Waals surface area contributed by atoms with Crippen LogP contribution in [0.3, 0.4) is 0 Å². The highest BCUT2D eigenvalue weighted by Gasteiger charge is 2.50. The number of rotatable bonds is 5. The maximum atomic E-state index is 6.55. The van der Waals surface area contributed by atoms with E-state index < -0.39 is 0 Å². The first-order valence-electron chi connectivity index (χ1n) is 7.63. The Bertz CT molecular complexity index is 440. The molecule has 19 heavy (non-hydrogen) atoms. The topological polar surface area (TPSA) is 53.1 Å². The van der Waals surface area contributed by atoms with Crippen molar-refractivity contribution < 1.29 is 4.74 Å². The number of hydrogen-bond donors (Lipinski definition) is 1. The molecule has 1 aromatic heterocycles. The van der Waals surface area contributed by atoms with Crippen molar-refractivity contribution in [1.82, 2.24) is 9.78 Å². The molecule has 4 nitrogen and oxygen atoms in total. The van der Waals surface area contributed by atoms with E-state index in [9.17, 15) is 0 Å². The molecular formula is C15H25N3O. The van der Waals surface area contributed by atoms with Gasteiger partial charge in [0, 0.05) is 12.6 Å². The summed E-state index contributed by atoms with van der Waals surface area (Å²) in [6, 6.07) is 2.64. The van der Waals surface area contributed by atoms with Crippen LogP contribution in [0.5, 0.6) is 0 Å². The molecule has 3 heterocycles. The summed E-state index contributed by atoms with van der Waals surface area (Å²) in [5.41, 5.74) is 7.48. The highest BCUT2D eigenvalue weighted by molar-refractivity contribution is 5.13. The first kappa shape index (κ1) is 13.1. The lowest BCUT2D eigenvalue weighted by Crippen LogP contribution is -2.50. The van der Waals surface area contributed by atoms with E-state index in [2.05, 4.69) is 30.8 Å². The molecular weight excluding hydrogens is 238 g/mol. The van der Waals surface area contributed by atoms with Crippen molar-refractivity contribution >= 4 is 0 Å². The molecule has 2 N–H and O–H groups in total. The Morgan fingerprint density at radius 2 is 2.26 bits per heavy atom. The van der Waals surface area contributed by atoms with Gasteiger partial charge in [0.25, 0.3) is 0 Å². The molecule has 2 aliphatic rings. The molecule has 0 spiro atoms. The molecule has 1 aromatic rings. The first-order chi connectivity index (χ1) is 9.14. The average molecular weight is 263 g/mol. The maximum Gasteiger partial charge on any atom is 0.0764 e. The van der Waals surface area contributed by atoms with E-state index in [0.29, 0.717) is 12.1 Å². The van der Waals surface area contributed by atoms with Crippen LogP contribution in [-0.2, 0) is 11.2 Å². The monoisotopic (exact) mass is 263 g/mol. The minimum atomic E-state index is -0.184. The predicted molar refractivity (Wildman–Crippen MR) is 75.0 cm³/mol. The Labute approximate surface area is 115 Å². The van der Waals surface area contributed by atoms with Gasteiger partial charge in [-0.3, -0.25) is 4.68 Å². The van der Waals surface area contributed by atoms with Crippen molar-refractivity contribution in [3.8, 4) is 0 Å². The molecule has 4 heteroatoms. The van der Waals surface area contributed by atoms with E-state index in [1.807, 2.05) is 0 Å². The van der Waals surface area contributed by atoms with Crippen molar-refractivity contribution in [2.75, 3.05) is 0 Å². The quantitative estimate of drug-likeness (QED) is 0.887. The number of ether oxygens (including phenoxy) is 1. The lowest BCUT2D eigenvalue weighted by Gasteiger charge is -2.30. The highest BCUT2D eigenvalue weighted by atomic mass is 16.5. The fraction of sp³-hybridized carbons (Fsp3) is 0.800. The Hall–Kier alpha value is -0.870. The van der Waals surface area contributed by atoms with Gasteiger partial charge in [-0.15, -0.1) is 0 Å². The zero-order valence-corrected chi connectivity index (χ0v) is 12.0. The van der Waals surface area contributed by atoms with Gasteiger partial charge in [-0.05, 0) is 38.2 Å². The Balaban J connectivity index is 1.70. The summed E-state index contributed by atoms with van der Waals surface area (Å²) >= 11 is 0. The Morgan fingerprint density at radius 3 is 2.84 bits per heavy atom. The summed E-state index contributed by atoms with van der Waals surface area (Å²) in [6.45, 7) is 4.42. The smallest absolute Gasteiger partial charge is 0.0764 e. The molecule has 3 atom stereocenters. The molecule has 2 saturated heterocycles. The summed E-state index contributed by atoms with van der Waals surface area (Å²) in [5, 5.41) is 4.73. The van der Waals surface area contributed by atoms with E-state index in [-0.39, 0.29) is 11.6 Å². The molecule has 0 amide bonds. The molecule has 2 bridgehead atoms. The van der Waals surface area contributed by atoms with Gasteiger partial charge >= 0.3 is 0 Å². The number of fused-ring (bicyclic) bond motifs is 2. The van der Waals surface area contributed by atoms with Gasteiger partial charge in [0.05, 0.1) is 29.5 Å². The molecule has 0 saturated carbocycles. The average Bonchev–Trinajstić information content (AvgIpc) is 3.06. The Morgan fingerprint density at radius 1 is 1.47 bits per heavy atom. The summed E-state index contributed by atoms with van der Waals surface area (Å²) in [4.78, 5) is 0. The van der Waals surface area contributed by atoms with Crippen molar-refractivity contribution in [2.45, 2.75) is 76.2 Å². The SMILES string of the molecule is CCC(CC)n1ccc(CC2(N)CC3CCC2O3)n1. The number of nitrogens with zero attached hydrogens (tertiary/aromatic N) is 2. The molecule has 2 fully saturated rings. The number of hydrogen-bond acceptors (Lipinski definition) is 3. The van der Waals surface area contributed by atoms with Gasteiger partial charge in [0.2, 0.25) is 0 Å². The van der Waals surface area contributed by atoms with E-state index in [0.717, 1.165) is 37.8 Å². The van der Waals surface area contributed by atoms with Gasteiger partial charge in [-0.1, -0.05) is 13.8 Å². The predicted octanol–water partition coefficient (Wildman–Crippen LogP) is 2.44. The van der Waals surface area contributed by atoms with Gasteiger partial charge < -0.3 is 10.5 Å². The van der Waals surface area contributed by atoms with Crippen LogP contribution in [0.15, 0.2) is 12.3 Å². The Kier molecular flexibility index (Phi) is 3.39. The van der Waals surface area contributed by atoms with Gasteiger partial charge in [0.15, 0.2) is 0 Å². The lowest BCUT2D eigenvalue weighted by molar-refractivity contribution is 0.0854. The summed E-state index contributed by atoms with van der Waals surface area (Å²) in [7, 11) is 0. The molecule has 2 aliphatic heterocycles. The van der Waals surface area contributed by atoms with Crippen molar-refractivity contribution in [1.29, 1.82) is 0 Å². The second-order valence-electron chi connectivity index (χ2n) is 6.20. The molecule has 3 rings (SSSR count). The minimum absolute atomic E-state index is 0.184. The van der Waals surface area contributed by atoms with Crippen LogP contribution >= 0.6 is 0 Å². The zero-order valence-electron chi connectivity index (χ0n) is 12.0. The van der Waals surface area contributed by atoms with Crippen LogP contribution in [0, 0.1) is 0 Å². The molecule has 0 aliphatic carbocycles. The van der Waals surface area contributed by atoms with Crippen LogP contribution in [0.1, 0.15) is 57.7 Å². The largest absolute Gasteiger partial charge is 0.373 e. The van der Waals surface area contributed by atoms with Crippen LogP contribution < -0.4 is 5.73 Å². The molecule has 106 valence electrons. The van der Waals surface area contributed by atoms with E-state index >= 15 is 0 Å². The first-order valence-corrected chi connectivity index (χ1v) is 7.63. The van der Waals surface area contributed by atoms with Gasteiger partial charge in [-0.2, -0.15) is 5.10 Å². The fourth-order valence-corrected chi connectivity index (χ4v) is 3.70. The maximum absolute atomic E-state index is 6.55. The summed E-state index contributed by atoms with van der Waals surface area (Å²) < 4.78 is 8.00. The normalized spacial score (nSPS) is 33.5. The highest BCUT2D eigenvalue weighted by Crippen LogP contribution is 2.41. The third kappa shape index (κ3) is 2.32. The van der Waals surface area contributed by atoms with Gasteiger partial charge in [-0.25, -0.2) is 0 Å². The van der Waals surface area contributed by atoms with E-state index in [4.69, 9.17) is 15.6 Å². The number of nitrogens with two attached hydrogens (primary N) is 1. The third-order valence-corrected chi connectivity index (χ3v) is 4.85. The second kappa shape index (κ2) is 4.91. The molecule has 3 unspecified atom stereocenters. The molecule has 0 radical (unpaired) electrons. The molecule has 0 aromatic carbocycles. The van der Waals surface area contributed by atoms with E-state index in [1.165, 1.54) is 6.42 Å². The van der Waals surface area contributed by atoms with Crippen molar-refractivity contribution in [3.63, 3.8) is 0 Å². The summed E-state index contributed by atoms with van der Waals surface area (Å²) in [5.74, 6) is 0. The van der Waals surface area contributed by atoms with Crippen molar-refractivity contribution in [2.24, 2.45) is 5.73 Å². The second-order valence-corrected chi connectivity index (χ2v) is 6.20. The number of aromatic nitrogens is 2.